The van der Waals surface area contributed by atoms with Crippen molar-refractivity contribution in [3.05, 3.63) is 33.9 Å². The summed E-state index contributed by atoms with van der Waals surface area (Å²) in [6.45, 7) is 3.11. The summed E-state index contributed by atoms with van der Waals surface area (Å²) in [7, 11) is -3.71. The third-order valence-corrected chi connectivity index (χ3v) is 6.83. The summed E-state index contributed by atoms with van der Waals surface area (Å²) in [6.07, 6.45) is 0.432. The number of fused-ring (bicyclic) bond motifs is 1. The van der Waals surface area contributed by atoms with E-state index in [0.717, 1.165) is 0 Å². The molecule has 0 bridgehead atoms. The molecule has 23 heavy (non-hydrogen) atoms. The Morgan fingerprint density at radius 3 is 2.74 bits per heavy atom. The molecule has 0 aliphatic carbocycles. The van der Waals surface area contributed by atoms with Gasteiger partial charge in [-0.05, 0) is 26.3 Å². The number of nitro benzene ring substituents is 1. The second kappa shape index (κ2) is 5.80. The maximum absolute atomic E-state index is 12.6. The number of amidine groups is 1. The number of nitrogens with zero attached hydrogens (tertiary/aromatic N) is 1. The normalized spacial score (nSPS) is 17.9. The van der Waals surface area contributed by atoms with Gasteiger partial charge in [0.1, 0.15) is 16.3 Å². The molecule has 1 atom stereocenters. The molecule has 0 saturated heterocycles. The quantitative estimate of drug-likeness (QED) is 0.361. The van der Waals surface area contributed by atoms with Crippen LogP contribution in [0.25, 0.3) is 0 Å². The Morgan fingerprint density at radius 1 is 1.52 bits per heavy atom. The first kappa shape index (κ1) is 17.2. The number of nitro groups is 1. The van der Waals surface area contributed by atoms with Crippen LogP contribution in [-0.2, 0) is 9.84 Å². The SMILES string of the molecule is CC(C)(C(=N)N)S(=O)(=O)CC1CCOc2ccc([N+](=O)[O-])cc21. The molecule has 1 aliphatic rings. The number of sulfone groups is 1. The summed E-state index contributed by atoms with van der Waals surface area (Å²) in [4.78, 5) is 10.4. The lowest BCUT2D eigenvalue weighted by atomic mass is 9.94. The molecule has 0 amide bonds. The number of ether oxygens (including phenoxy) is 1. The van der Waals surface area contributed by atoms with Crippen molar-refractivity contribution in [1.82, 2.24) is 0 Å². The molecule has 126 valence electrons. The molecule has 0 spiro atoms. The highest BCUT2D eigenvalue weighted by Crippen LogP contribution is 2.38. The van der Waals surface area contributed by atoms with Gasteiger partial charge in [0.15, 0.2) is 9.84 Å². The fourth-order valence-electron chi connectivity index (χ4n) is 2.38. The van der Waals surface area contributed by atoms with Gasteiger partial charge in [-0.15, -0.1) is 0 Å². The molecule has 8 nitrogen and oxygen atoms in total. The average Bonchev–Trinajstić information content (AvgIpc) is 2.46. The number of hydrogen-bond acceptors (Lipinski definition) is 6. The summed E-state index contributed by atoms with van der Waals surface area (Å²) in [6, 6.07) is 4.17. The standard InChI is InChI=1S/C14H19N3O5S/c1-14(2,13(15)16)23(20,21)8-9-5-6-22-12-4-3-10(17(18)19)7-11(9)12/h3-4,7,9H,5-6,8H2,1-2H3,(H3,15,16). The van der Waals surface area contributed by atoms with Gasteiger partial charge >= 0.3 is 0 Å². The minimum absolute atomic E-state index is 0.109. The van der Waals surface area contributed by atoms with Crippen LogP contribution in [0.5, 0.6) is 5.75 Å². The van der Waals surface area contributed by atoms with E-state index in [1.165, 1.54) is 32.0 Å². The fraction of sp³-hybridized carbons (Fsp3) is 0.500. The van der Waals surface area contributed by atoms with E-state index in [4.69, 9.17) is 15.9 Å². The Balaban J connectivity index is 2.39. The van der Waals surface area contributed by atoms with E-state index in [1.807, 2.05) is 0 Å². The molecular weight excluding hydrogens is 322 g/mol. The Bertz CT molecular complexity index is 758. The number of nitrogens with two attached hydrogens (primary N) is 1. The molecule has 3 N–H and O–H groups in total. The lowest BCUT2D eigenvalue weighted by molar-refractivity contribution is -0.385. The van der Waals surface area contributed by atoms with Crippen molar-refractivity contribution in [3.8, 4) is 5.75 Å². The summed E-state index contributed by atoms with van der Waals surface area (Å²) in [5.41, 5.74) is 5.81. The van der Waals surface area contributed by atoms with E-state index in [-0.39, 0.29) is 11.4 Å². The Morgan fingerprint density at radius 2 is 2.17 bits per heavy atom. The van der Waals surface area contributed by atoms with Crippen molar-refractivity contribution in [3.63, 3.8) is 0 Å². The molecule has 9 heteroatoms. The number of hydrogen-bond donors (Lipinski definition) is 2. The largest absolute Gasteiger partial charge is 0.493 e. The average molecular weight is 341 g/mol. The van der Waals surface area contributed by atoms with Gasteiger partial charge in [-0.2, -0.15) is 0 Å². The number of rotatable bonds is 5. The Labute approximate surface area is 134 Å². The topological polar surface area (TPSA) is 136 Å². The second-order valence-corrected chi connectivity index (χ2v) is 8.60. The van der Waals surface area contributed by atoms with Crippen molar-refractivity contribution in [2.45, 2.75) is 30.9 Å². The Hall–Kier alpha value is -2.16. The van der Waals surface area contributed by atoms with Crippen molar-refractivity contribution in [1.29, 1.82) is 5.41 Å². The van der Waals surface area contributed by atoms with Crippen LogP contribution in [0.3, 0.4) is 0 Å². The molecule has 0 saturated carbocycles. The molecule has 1 unspecified atom stereocenters. The molecule has 1 aromatic carbocycles. The predicted molar refractivity (Wildman–Crippen MR) is 85.7 cm³/mol. The van der Waals surface area contributed by atoms with Crippen LogP contribution < -0.4 is 10.5 Å². The molecule has 0 fully saturated rings. The Kier molecular flexibility index (Phi) is 4.34. The highest BCUT2D eigenvalue weighted by atomic mass is 32.2. The third-order valence-electron chi connectivity index (χ3n) is 4.21. The van der Waals surface area contributed by atoms with Gasteiger partial charge in [-0.25, -0.2) is 8.42 Å². The monoisotopic (exact) mass is 341 g/mol. The predicted octanol–water partition coefficient (Wildman–Crippen LogP) is 1.59. The maximum atomic E-state index is 12.6. The first-order valence-corrected chi connectivity index (χ1v) is 8.69. The van der Waals surface area contributed by atoms with Crippen LogP contribution in [0.4, 0.5) is 5.69 Å². The van der Waals surface area contributed by atoms with Crippen molar-refractivity contribution in [2.24, 2.45) is 5.73 Å². The lowest BCUT2D eigenvalue weighted by Crippen LogP contribution is -2.47. The highest BCUT2D eigenvalue weighted by molar-refractivity contribution is 7.93. The van der Waals surface area contributed by atoms with Gasteiger partial charge in [0, 0.05) is 23.6 Å². The zero-order valence-corrected chi connectivity index (χ0v) is 13.7. The van der Waals surface area contributed by atoms with Crippen molar-refractivity contribution >= 4 is 21.4 Å². The second-order valence-electron chi connectivity index (χ2n) is 6.02. The first-order chi connectivity index (χ1) is 10.6. The molecule has 1 aliphatic heterocycles. The van der Waals surface area contributed by atoms with E-state index in [2.05, 4.69) is 0 Å². The molecule has 0 aromatic heterocycles. The summed E-state index contributed by atoms with van der Waals surface area (Å²) in [5, 5.41) is 18.4. The van der Waals surface area contributed by atoms with Crippen LogP contribution in [0.15, 0.2) is 18.2 Å². The minimum atomic E-state index is -3.71. The number of nitrogens with one attached hydrogen (secondary N) is 1. The van der Waals surface area contributed by atoms with Crippen LogP contribution >= 0.6 is 0 Å². The van der Waals surface area contributed by atoms with E-state index in [9.17, 15) is 18.5 Å². The lowest BCUT2D eigenvalue weighted by Gasteiger charge is -2.29. The van der Waals surface area contributed by atoms with E-state index < -0.39 is 31.3 Å². The minimum Gasteiger partial charge on any atom is -0.493 e. The van der Waals surface area contributed by atoms with Gasteiger partial charge < -0.3 is 10.5 Å². The highest BCUT2D eigenvalue weighted by Gasteiger charge is 2.40. The fourth-order valence-corrected chi connectivity index (χ4v) is 4.01. The van der Waals surface area contributed by atoms with Crippen molar-refractivity contribution < 1.29 is 18.1 Å². The molecular formula is C14H19N3O5S. The van der Waals surface area contributed by atoms with E-state index in [1.54, 1.807) is 0 Å². The first-order valence-electron chi connectivity index (χ1n) is 7.04. The van der Waals surface area contributed by atoms with E-state index in [0.29, 0.717) is 24.3 Å². The summed E-state index contributed by atoms with van der Waals surface area (Å²) < 4.78 is 29.2. The molecule has 1 aromatic rings. The third kappa shape index (κ3) is 3.14. The number of non-ortho nitro benzene ring substituents is 1. The zero-order chi connectivity index (χ0) is 17.4. The van der Waals surface area contributed by atoms with Gasteiger partial charge in [0.25, 0.3) is 5.69 Å². The summed E-state index contributed by atoms with van der Waals surface area (Å²) in [5.74, 6) is -0.634. The van der Waals surface area contributed by atoms with Crippen LogP contribution in [0.2, 0.25) is 0 Å². The molecule has 0 radical (unpaired) electrons. The van der Waals surface area contributed by atoms with Gasteiger partial charge in [-0.1, -0.05) is 0 Å². The van der Waals surface area contributed by atoms with Crippen LogP contribution in [-0.4, -0.2) is 36.3 Å². The van der Waals surface area contributed by atoms with Crippen molar-refractivity contribution in [2.75, 3.05) is 12.4 Å². The van der Waals surface area contributed by atoms with Crippen LogP contribution in [0, 0.1) is 15.5 Å². The van der Waals surface area contributed by atoms with Gasteiger partial charge in [-0.3, -0.25) is 15.5 Å². The molecule has 2 rings (SSSR count). The van der Waals surface area contributed by atoms with E-state index >= 15 is 0 Å². The molecule has 1 heterocycles. The van der Waals surface area contributed by atoms with Gasteiger partial charge in [0.05, 0.1) is 17.3 Å². The number of benzene rings is 1. The zero-order valence-electron chi connectivity index (χ0n) is 12.9. The maximum Gasteiger partial charge on any atom is 0.269 e. The summed E-state index contributed by atoms with van der Waals surface area (Å²) >= 11 is 0. The van der Waals surface area contributed by atoms with Crippen LogP contribution in [0.1, 0.15) is 31.7 Å². The van der Waals surface area contributed by atoms with Gasteiger partial charge in [0.2, 0.25) is 0 Å². The smallest absolute Gasteiger partial charge is 0.269 e.